The van der Waals surface area contributed by atoms with Gasteiger partial charge in [0.2, 0.25) is 0 Å². The van der Waals surface area contributed by atoms with E-state index in [1.54, 1.807) is 0 Å². The Bertz CT molecular complexity index is 1430. The lowest BCUT2D eigenvalue weighted by molar-refractivity contribution is 0.0903. The first-order chi connectivity index (χ1) is 17.2. The third kappa shape index (κ3) is 3.86. The normalized spacial score (nSPS) is 20.7. The molecule has 0 aliphatic heterocycles. The summed E-state index contributed by atoms with van der Waals surface area (Å²) >= 11 is 0. The fourth-order valence-electron chi connectivity index (χ4n) is 6.39. The van der Waals surface area contributed by atoms with E-state index in [4.69, 9.17) is 0 Å². The van der Waals surface area contributed by atoms with Crippen LogP contribution in [0, 0.1) is 0 Å². The van der Waals surface area contributed by atoms with Gasteiger partial charge in [0.15, 0.2) is 0 Å². The Labute approximate surface area is 207 Å². The smallest absolute Gasteiger partial charge is 0.0958 e. The van der Waals surface area contributed by atoms with Crippen LogP contribution in [0.25, 0.3) is 21.9 Å². The Hall–Kier alpha value is -3.37. The molecule has 4 heteroatoms. The molecule has 0 spiro atoms. The van der Waals surface area contributed by atoms with E-state index in [-0.39, 0.29) is 5.54 Å². The summed E-state index contributed by atoms with van der Waals surface area (Å²) in [5.74, 6) is 0.564. The van der Waals surface area contributed by atoms with E-state index >= 15 is 0 Å². The first-order valence-electron chi connectivity index (χ1n) is 12.9. The van der Waals surface area contributed by atoms with Crippen LogP contribution in [0.2, 0.25) is 0 Å². The van der Waals surface area contributed by atoms with Crippen LogP contribution in [-0.4, -0.2) is 33.5 Å². The predicted molar refractivity (Wildman–Crippen MR) is 145 cm³/mol. The summed E-state index contributed by atoms with van der Waals surface area (Å²) in [6.07, 6.45) is 7.74. The minimum Gasteiger partial charge on any atom is -0.358 e. The SMILES string of the molecule is CN(C)C1(c2ccccc2)CCC(c2[nH]c3ccccc3c2CCn2cnc3ccccc32)CC1. The molecule has 35 heavy (non-hydrogen) atoms. The Morgan fingerprint density at radius 2 is 1.63 bits per heavy atom. The van der Waals surface area contributed by atoms with Gasteiger partial charge in [-0.1, -0.05) is 60.7 Å². The number of imidazole rings is 1. The van der Waals surface area contributed by atoms with Crippen LogP contribution in [0.15, 0.2) is 85.2 Å². The van der Waals surface area contributed by atoms with Gasteiger partial charge in [-0.3, -0.25) is 4.90 Å². The topological polar surface area (TPSA) is 36.9 Å². The summed E-state index contributed by atoms with van der Waals surface area (Å²) in [5, 5.41) is 1.37. The lowest BCUT2D eigenvalue weighted by Gasteiger charge is -2.45. The zero-order valence-corrected chi connectivity index (χ0v) is 20.7. The van der Waals surface area contributed by atoms with Crippen molar-refractivity contribution < 1.29 is 0 Å². The van der Waals surface area contributed by atoms with E-state index in [0.29, 0.717) is 5.92 Å². The van der Waals surface area contributed by atoms with Gasteiger partial charge in [-0.25, -0.2) is 4.98 Å². The van der Waals surface area contributed by atoms with E-state index in [1.165, 1.54) is 58.9 Å². The number of hydrogen-bond acceptors (Lipinski definition) is 2. The quantitative estimate of drug-likeness (QED) is 0.299. The third-order valence-corrected chi connectivity index (χ3v) is 8.36. The molecule has 0 saturated heterocycles. The maximum atomic E-state index is 4.60. The first kappa shape index (κ1) is 22.1. The van der Waals surface area contributed by atoms with E-state index in [2.05, 4.69) is 112 Å². The van der Waals surface area contributed by atoms with Crippen molar-refractivity contribution in [3.05, 3.63) is 102 Å². The minimum atomic E-state index is 0.125. The Morgan fingerprint density at radius 1 is 0.914 bits per heavy atom. The lowest BCUT2D eigenvalue weighted by atomic mass is 9.70. The molecular formula is C31H34N4. The zero-order valence-electron chi connectivity index (χ0n) is 20.7. The molecule has 1 saturated carbocycles. The molecule has 6 rings (SSSR count). The highest BCUT2D eigenvalue weighted by Crippen LogP contribution is 2.47. The second kappa shape index (κ2) is 9.01. The summed E-state index contributed by atoms with van der Waals surface area (Å²) < 4.78 is 2.30. The van der Waals surface area contributed by atoms with Crippen molar-refractivity contribution in [3.63, 3.8) is 0 Å². The molecule has 2 heterocycles. The first-order valence-corrected chi connectivity index (χ1v) is 12.9. The maximum absolute atomic E-state index is 4.60. The van der Waals surface area contributed by atoms with E-state index in [1.807, 2.05) is 6.33 Å². The van der Waals surface area contributed by atoms with Crippen LogP contribution >= 0.6 is 0 Å². The molecule has 3 aromatic carbocycles. The van der Waals surface area contributed by atoms with Gasteiger partial charge < -0.3 is 9.55 Å². The maximum Gasteiger partial charge on any atom is 0.0958 e. The van der Waals surface area contributed by atoms with Crippen molar-refractivity contribution >= 4 is 21.9 Å². The molecule has 5 aromatic rings. The van der Waals surface area contributed by atoms with Crippen LogP contribution < -0.4 is 0 Å². The van der Waals surface area contributed by atoms with Crippen molar-refractivity contribution in [2.24, 2.45) is 0 Å². The summed E-state index contributed by atoms with van der Waals surface area (Å²) in [6, 6.07) is 28.4. The van der Waals surface area contributed by atoms with Gasteiger partial charge in [0.25, 0.3) is 0 Å². The van der Waals surface area contributed by atoms with Crippen LogP contribution in [0.5, 0.6) is 0 Å². The van der Waals surface area contributed by atoms with Gasteiger partial charge in [0.1, 0.15) is 0 Å². The van der Waals surface area contributed by atoms with Gasteiger partial charge in [0.05, 0.1) is 17.4 Å². The number of para-hydroxylation sites is 3. The molecule has 4 nitrogen and oxygen atoms in total. The van der Waals surface area contributed by atoms with E-state index < -0.39 is 0 Å². The largest absolute Gasteiger partial charge is 0.358 e. The average Bonchev–Trinajstić information content (AvgIpc) is 3.49. The second-order valence-corrected chi connectivity index (χ2v) is 10.3. The van der Waals surface area contributed by atoms with Crippen molar-refractivity contribution in [3.8, 4) is 0 Å². The summed E-state index contributed by atoms with van der Waals surface area (Å²) in [6.45, 7) is 0.938. The van der Waals surface area contributed by atoms with Crippen molar-refractivity contribution in [2.75, 3.05) is 14.1 Å². The number of hydrogen-bond donors (Lipinski definition) is 1. The molecule has 2 aromatic heterocycles. The van der Waals surface area contributed by atoms with E-state index in [9.17, 15) is 0 Å². The molecule has 1 aliphatic rings. The molecule has 1 fully saturated rings. The van der Waals surface area contributed by atoms with Crippen LogP contribution in [0.3, 0.4) is 0 Å². The highest BCUT2D eigenvalue weighted by atomic mass is 15.1. The number of nitrogens with one attached hydrogen (secondary N) is 1. The van der Waals surface area contributed by atoms with Crippen molar-refractivity contribution in [1.29, 1.82) is 0 Å². The highest BCUT2D eigenvalue weighted by molar-refractivity contribution is 5.85. The summed E-state index contributed by atoms with van der Waals surface area (Å²) in [5.41, 5.74) is 8.06. The van der Waals surface area contributed by atoms with Crippen molar-refractivity contribution in [1.82, 2.24) is 19.4 Å². The molecule has 0 unspecified atom stereocenters. The van der Waals surface area contributed by atoms with Gasteiger partial charge >= 0.3 is 0 Å². The average molecular weight is 463 g/mol. The molecule has 0 bridgehead atoms. The Balaban J connectivity index is 1.30. The van der Waals surface area contributed by atoms with Gasteiger partial charge in [-0.15, -0.1) is 0 Å². The Morgan fingerprint density at radius 3 is 2.43 bits per heavy atom. The number of nitrogens with zero attached hydrogens (tertiary/aromatic N) is 3. The molecule has 0 atom stereocenters. The van der Waals surface area contributed by atoms with Gasteiger partial charge in [-0.05, 0) is 81.4 Å². The third-order valence-electron chi connectivity index (χ3n) is 8.36. The number of benzene rings is 3. The van der Waals surface area contributed by atoms with Crippen LogP contribution in [-0.2, 0) is 18.5 Å². The van der Waals surface area contributed by atoms with Gasteiger partial charge in [0, 0.05) is 28.7 Å². The molecule has 1 N–H and O–H groups in total. The number of H-pyrrole nitrogens is 1. The summed E-state index contributed by atoms with van der Waals surface area (Å²) in [4.78, 5) is 10.9. The fourth-order valence-corrected chi connectivity index (χ4v) is 6.39. The zero-order chi connectivity index (χ0) is 23.8. The second-order valence-electron chi connectivity index (χ2n) is 10.3. The van der Waals surface area contributed by atoms with Crippen LogP contribution in [0.4, 0.5) is 0 Å². The minimum absolute atomic E-state index is 0.125. The number of aryl methyl sites for hydroxylation is 2. The molecular weight excluding hydrogens is 428 g/mol. The monoisotopic (exact) mass is 462 g/mol. The predicted octanol–water partition coefficient (Wildman–Crippen LogP) is 6.88. The molecule has 0 amide bonds. The fraction of sp³-hybridized carbons (Fsp3) is 0.323. The molecule has 178 valence electrons. The molecule has 1 aliphatic carbocycles. The number of aromatic nitrogens is 3. The number of fused-ring (bicyclic) bond motifs is 2. The van der Waals surface area contributed by atoms with Gasteiger partial charge in [-0.2, -0.15) is 0 Å². The number of aromatic amines is 1. The lowest BCUT2D eigenvalue weighted by Crippen LogP contribution is -2.44. The van der Waals surface area contributed by atoms with Crippen molar-refractivity contribution in [2.45, 2.75) is 50.1 Å². The standard InChI is InChI=1S/C31H34N4/c1-34(2)31(24-10-4-3-5-11-24)19-16-23(17-20-31)30-26(25-12-6-7-13-27(25)33-30)18-21-35-22-32-28-14-8-9-15-29(28)35/h3-15,22-23,33H,16-21H2,1-2H3. The van der Waals surface area contributed by atoms with Crippen LogP contribution in [0.1, 0.15) is 48.4 Å². The number of rotatable bonds is 6. The van der Waals surface area contributed by atoms with E-state index in [0.717, 1.165) is 18.5 Å². The molecule has 0 radical (unpaired) electrons. The summed E-state index contributed by atoms with van der Waals surface area (Å²) in [7, 11) is 4.49. The Kier molecular flexibility index (Phi) is 5.69. The highest BCUT2D eigenvalue weighted by Gasteiger charge is 2.39.